The van der Waals surface area contributed by atoms with E-state index in [1.165, 1.54) is 77.8 Å². The molecule has 3 nitrogen and oxygen atoms in total. The fraction of sp³-hybridized carbons (Fsp3) is 1.00. The van der Waals surface area contributed by atoms with Crippen molar-refractivity contribution in [2.24, 2.45) is 11.3 Å². The van der Waals surface area contributed by atoms with Crippen molar-refractivity contribution in [3.05, 3.63) is 0 Å². The molecule has 1 unspecified atom stereocenters. The number of nitrogens with zero attached hydrogens (tertiary/aromatic N) is 2. The molecule has 1 aliphatic carbocycles. The number of likely N-dealkylation sites (tertiary alicyclic amines) is 1. The summed E-state index contributed by atoms with van der Waals surface area (Å²) in [5.74, 6) is 0.895. The van der Waals surface area contributed by atoms with Gasteiger partial charge in [0.1, 0.15) is 0 Å². The molecule has 0 bridgehead atoms. The maximum absolute atomic E-state index is 3.69. The van der Waals surface area contributed by atoms with Crippen LogP contribution in [0.2, 0.25) is 0 Å². The van der Waals surface area contributed by atoms with E-state index in [9.17, 15) is 0 Å². The second kappa shape index (κ2) is 7.77. The van der Waals surface area contributed by atoms with E-state index in [1.807, 2.05) is 0 Å². The lowest BCUT2D eigenvalue weighted by atomic mass is 9.85. The highest BCUT2D eigenvalue weighted by atomic mass is 15.2. The van der Waals surface area contributed by atoms with E-state index in [1.54, 1.807) is 0 Å². The van der Waals surface area contributed by atoms with E-state index in [0.717, 1.165) is 5.92 Å². The topological polar surface area (TPSA) is 18.5 Å². The second-order valence-electron chi connectivity index (χ2n) is 7.50. The molecule has 0 aromatic rings. The van der Waals surface area contributed by atoms with Crippen molar-refractivity contribution in [2.45, 2.75) is 45.4 Å². The lowest BCUT2D eigenvalue weighted by Crippen LogP contribution is -2.43. The molecule has 0 spiro atoms. The molecule has 2 fully saturated rings. The standard InChI is InChI=1S/C17H35N3/c1-4-10-18-14-17(8-5-6-9-17)15-20(3)13-16-7-11-19(2)12-16/h16,18H,4-15H2,1-3H3. The first-order valence-corrected chi connectivity index (χ1v) is 8.71. The fourth-order valence-corrected chi connectivity index (χ4v) is 4.30. The highest BCUT2D eigenvalue weighted by Crippen LogP contribution is 2.38. The largest absolute Gasteiger partial charge is 0.316 e. The Balaban J connectivity index is 1.78. The first-order valence-electron chi connectivity index (χ1n) is 8.71. The summed E-state index contributed by atoms with van der Waals surface area (Å²) in [6.45, 7) is 9.85. The average Bonchev–Trinajstić information content (AvgIpc) is 3.00. The Morgan fingerprint density at radius 3 is 2.65 bits per heavy atom. The third-order valence-electron chi connectivity index (χ3n) is 5.26. The minimum absolute atomic E-state index is 0.564. The Hall–Kier alpha value is -0.120. The van der Waals surface area contributed by atoms with E-state index < -0.39 is 0 Å². The summed E-state index contributed by atoms with van der Waals surface area (Å²) < 4.78 is 0. The van der Waals surface area contributed by atoms with Crippen LogP contribution in [0, 0.1) is 11.3 Å². The van der Waals surface area contributed by atoms with Gasteiger partial charge < -0.3 is 15.1 Å². The van der Waals surface area contributed by atoms with Gasteiger partial charge in [-0.05, 0) is 64.2 Å². The first kappa shape index (κ1) is 16.3. The molecule has 1 saturated heterocycles. The van der Waals surface area contributed by atoms with E-state index >= 15 is 0 Å². The monoisotopic (exact) mass is 281 g/mol. The minimum atomic E-state index is 0.564. The quantitative estimate of drug-likeness (QED) is 0.689. The van der Waals surface area contributed by atoms with Crippen LogP contribution < -0.4 is 5.32 Å². The molecule has 118 valence electrons. The summed E-state index contributed by atoms with van der Waals surface area (Å²) >= 11 is 0. The fourth-order valence-electron chi connectivity index (χ4n) is 4.30. The molecular formula is C17H35N3. The molecular weight excluding hydrogens is 246 g/mol. The molecule has 0 radical (unpaired) electrons. The molecule has 20 heavy (non-hydrogen) atoms. The van der Waals surface area contributed by atoms with E-state index in [4.69, 9.17) is 0 Å². The van der Waals surface area contributed by atoms with E-state index in [0.29, 0.717) is 5.41 Å². The van der Waals surface area contributed by atoms with Crippen molar-refractivity contribution in [1.29, 1.82) is 0 Å². The summed E-state index contributed by atoms with van der Waals surface area (Å²) in [7, 11) is 4.60. The van der Waals surface area contributed by atoms with E-state index in [2.05, 4.69) is 36.1 Å². The van der Waals surface area contributed by atoms with Gasteiger partial charge in [-0.2, -0.15) is 0 Å². The number of rotatable bonds is 8. The van der Waals surface area contributed by atoms with Gasteiger partial charge in [-0.3, -0.25) is 0 Å². The van der Waals surface area contributed by atoms with Crippen LogP contribution in [0.4, 0.5) is 0 Å². The molecule has 0 aromatic carbocycles. The van der Waals surface area contributed by atoms with E-state index in [-0.39, 0.29) is 0 Å². The smallest absolute Gasteiger partial charge is 0.00472 e. The molecule has 0 amide bonds. The predicted octanol–water partition coefficient (Wildman–Crippen LogP) is 2.43. The third-order valence-corrected chi connectivity index (χ3v) is 5.26. The molecule has 1 atom stereocenters. The first-order chi connectivity index (χ1) is 9.63. The summed E-state index contributed by atoms with van der Waals surface area (Å²) in [5.41, 5.74) is 0.564. The van der Waals surface area contributed by atoms with Crippen molar-refractivity contribution in [2.75, 3.05) is 53.4 Å². The van der Waals surface area contributed by atoms with Crippen molar-refractivity contribution in [3.8, 4) is 0 Å². The van der Waals surface area contributed by atoms with Gasteiger partial charge in [-0.25, -0.2) is 0 Å². The van der Waals surface area contributed by atoms with Crippen LogP contribution in [0.5, 0.6) is 0 Å². The highest BCUT2D eigenvalue weighted by molar-refractivity contribution is 4.89. The van der Waals surface area contributed by atoms with Crippen LogP contribution in [0.1, 0.15) is 45.4 Å². The van der Waals surface area contributed by atoms with Crippen LogP contribution in [0.3, 0.4) is 0 Å². The molecule has 2 rings (SSSR count). The SMILES string of the molecule is CCCNCC1(CN(C)CC2CCN(C)C2)CCCC1. The minimum Gasteiger partial charge on any atom is -0.316 e. The predicted molar refractivity (Wildman–Crippen MR) is 87.2 cm³/mol. The summed E-state index contributed by atoms with van der Waals surface area (Å²) in [4.78, 5) is 5.11. The van der Waals surface area contributed by atoms with Gasteiger partial charge in [-0.15, -0.1) is 0 Å². The Bertz CT molecular complexity index is 273. The Kier molecular flexibility index (Phi) is 6.31. The van der Waals surface area contributed by atoms with Crippen LogP contribution in [0.15, 0.2) is 0 Å². The molecule has 3 heteroatoms. The normalized spacial score (nSPS) is 26.7. The lowest BCUT2D eigenvalue weighted by Gasteiger charge is -2.35. The zero-order valence-corrected chi connectivity index (χ0v) is 14.0. The number of hydrogen-bond donors (Lipinski definition) is 1. The summed E-state index contributed by atoms with van der Waals surface area (Å²) in [5, 5.41) is 3.69. The molecule has 0 aromatic heterocycles. The van der Waals surface area contributed by atoms with Gasteiger partial charge in [0.15, 0.2) is 0 Å². The maximum Gasteiger partial charge on any atom is 0.00472 e. The second-order valence-corrected chi connectivity index (χ2v) is 7.50. The van der Waals surface area contributed by atoms with Crippen LogP contribution in [-0.4, -0.2) is 63.2 Å². The molecule has 1 aliphatic heterocycles. The van der Waals surface area contributed by atoms with Gasteiger partial charge in [0.25, 0.3) is 0 Å². The maximum atomic E-state index is 3.69. The molecule has 1 N–H and O–H groups in total. The van der Waals surface area contributed by atoms with Crippen molar-refractivity contribution < 1.29 is 0 Å². The molecule has 1 heterocycles. The zero-order chi connectivity index (χ0) is 14.4. The summed E-state index contributed by atoms with van der Waals surface area (Å²) in [6.07, 6.45) is 8.38. The Labute approximate surface area is 126 Å². The van der Waals surface area contributed by atoms with Gasteiger partial charge in [-0.1, -0.05) is 19.8 Å². The lowest BCUT2D eigenvalue weighted by molar-refractivity contribution is 0.157. The zero-order valence-electron chi connectivity index (χ0n) is 14.0. The van der Waals surface area contributed by atoms with Gasteiger partial charge in [0.05, 0.1) is 0 Å². The van der Waals surface area contributed by atoms with Crippen molar-refractivity contribution in [3.63, 3.8) is 0 Å². The molecule has 1 saturated carbocycles. The van der Waals surface area contributed by atoms with Gasteiger partial charge in [0.2, 0.25) is 0 Å². The van der Waals surface area contributed by atoms with Crippen molar-refractivity contribution in [1.82, 2.24) is 15.1 Å². The summed E-state index contributed by atoms with van der Waals surface area (Å²) in [6, 6.07) is 0. The van der Waals surface area contributed by atoms with Crippen LogP contribution in [0.25, 0.3) is 0 Å². The van der Waals surface area contributed by atoms with Crippen molar-refractivity contribution >= 4 is 0 Å². The van der Waals surface area contributed by atoms with Gasteiger partial charge in [0, 0.05) is 26.2 Å². The van der Waals surface area contributed by atoms with Crippen LogP contribution in [-0.2, 0) is 0 Å². The Morgan fingerprint density at radius 1 is 1.30 bits per heavy atom. The number of hydrogen-bond acceptors (Lipinski definition) is 3. The highest BCUT2D eigenvalue weighted by Gasteiger charge is 2.35. The Morgan fingerprint density at radius 2 is 2.05 bits per heavy atom. The molecule has 2 aliphatic rings. The number of nitrogens with one attached hydrogen (secondary N) is 1. The van der Waals surface area contributed by atoms with Gasteiger partial charge >= 0.3 is 0 Å². The average molecular weight is 281 g/mol. The van der Waals surface area contributed by atoms with Crippen LogP contribution >= 0.6 is 0 Å². The third kappa shape index (κ3) is 4.71.